The molecule has 0 unspecified atom stereocenters. The maximum absolute atomic E-state index is 11.8. The van der Waals surface area contributed by atoms with E-state index >= 15 is 0 Å². The zero-order valence-electron chi connectivity index (χ0n) is 8.63. The van der Waals surface area contributed by atoms with Crippen LogP contribution in [-0.4, -0.2) is 28.6 Å². The Kier molecular flexibility index (Phi) is 5.01. The van der Waals surface area contributed by atoms with E-state index in [0.717, 1.165) is 0 Å². The van der Waals surface area contributed by atoms with Crippen molar-refractivity contribution in [1.82, 2.24) is 10.0 Å². The van der Waals surface area contributed by atoms with Gasteiger partial charge in [-0.15, -0.1) is 0 Å². The Morgan fingerprint density at radius 2 is 1.94 bits per heavy atom. The largest absolute Gasteiger partial charge is 0.318 e. The number of hydrogen-bond acceptors (Lipinski definition) is 3. The summed E-state index contributed by atoms with van der Waals surface area (Å²) in [5, 5.41) is 3.09. The van der Waals surface area contributed by atoms with Crippen LogP contribution in [-0.2, 0) is 10.0 Å². The molecule has 0 heterocycles. The fraction of sp³-hybridized carbons (Fsp3) is 0.333. The first-order chi connectivity index (χ1) is 7.49. The lowest BCUT2D eigenvalue weighted by Crippen LogP contribution is -2.30. The van der Waals surface area contributed by atoms with Crippen molar-refractivity contribution in [3.05, 3.63) is 28.2 Å². The molecular weight excluding hydrogens is 271 g/mol. The zero-order valence-corrected chi connectivity index (χ0v) is 11.0. The number of benzene rings is 1. The molecule has 0 aliphatic rings. The summed E-state index contributed by atoms with van der Waals surface area (Å²) >= 11 is 11.6. The van der Waals surface area contributed by atoms with Gasteiger partial charge >= 0.3 is 0 Å². The molecule has 0 radical (unpaired) electrons. The SMILES string of the molecule is CNCCNS(=O)(=O)c1cccc(Cl)c1Cl. The molecule has 0 amide bonds. The second kappa shape index (κ2) is 5.84. The van der Waals surface area contributed by atoms with Crippen LogP contribution in [0.5, 0.6) is 0 Å². The summed E-state index contributed by atoms with van der Waals surface area (Å²) in [5.74, 6) is 0. The van der Waals surface area contributed by atoms with Gasteiger partial charge in [-0.2, -0.15) is 0 Å². The molecule has 4 nitrogen and oxygen atoms in total. The highest BCUT2D eigenvalue weighted by molar-refractivity contribution is 7.89. The minimum absolute atomic E-state index is 0.00207. The van der Waals surface area contributed by atoms with Crippen molar-refractivity contribution >= 4 is 33.2 Å². The molecular formula is C9H12Cl2N2O2S. The Labute approximate surface area is 105 Å². The second-order valence-corrected chi connectivity index (χ2v) is 5.57. The lowest BCUT2D eigenvalue weighted by molar-refractivity contribution is 0.579. The second-order valence-electron chi connectivity index (χ2n) is 3.05. The predicted octanol–water partition coefficient (Wildman–Crippen LogP) is 1.49. The predicted molar refractivity (Wildman–Crippen MR) is 65.6 cm³/mol. The smallest absolute Gasteiger partial charge is 0.242 e. The van der Waals surface area contributed by atoms with Gasteiger partial charge in [-0.1, -0.05) is 29.3 Å². The highest BCUT2D eigenvalue weighted by Crippen LogP contribution is 2.28. The quantitative estimate of drug-likeness (QED) is 0.805. The standard InChI is InChI=1S/C9H12Cl2N2O2S/c1-12-5-6-13-16(14,15)8-4-2-3-7(10)9(8)11/h2-4,12-13H,5-6H2,1H3. The highest BCUT2D eigenvalue weighted by Gasteiger charge is 2.18. The van der Waals surface area contributed by atoms with Gasteiger partial charge in [-0.3, -0.25) is 0 Å². The molecule has 7 heteroatoms. The van der Waals surface area contributed by atoms with Crippen LogP contribution >= 0.6 is 23.2 Å². The normalized spacial score (nSPS) is 11.7. The third-order valence-electron chi connectivity index (χ3n) is 1.87. The summed E-state index contributed by atoms with van der Waals surface area (Å²) in [4.78, 5) is -0.00207. The van der Waals surface area contributed by atoms with Crippen molar-refractivity contribution in [2.24, 2.45) is 0 Å². The summed E-state index contributed by atoms with van der Waals surface area (Å²) in [6.45, 7) is 0.832. The van der Waals surface area contributed by atoms with Crippen LogP contribution in [0.4, 0.5) is 0 Å². The van der Waals surface area contributed by atoms with Crippen LogP contribution in [0.15, 0.2) is 23.1 Å². The summed E-state index contributed by atoms with van der Waals surface area (Å²) in [5.41, 5.74) is 0. The van der Waals surface area contributed by atoms with E-state index < -0.39 is 10.0 Å². The van der Waals surface area contributed by atoms with E-state index in [2.05, 4.69) is 10.0 Å². The Hall–Kier alpha value is -0.330. The highest BCUT2D eigenvalue weighted by atomic mass is 35.5. The minimum Gasteiger partial charge on any atom is -0.318 e. The average molecular weight is 283 g/mol. The van der Waals surface area contributed by atoms with Gasteiger partial charge < -0.3 is 5.32 Å². The molecule has 2 N–H and O–H groups in total. The van der Waals surface area contributed by atoms with Crippen LogP contribution in [0, 0.1) is 0 Å². The van der Waals surface area contributed by atoms with Gasteiger partial charge in [0, 0.05) is 13.1 Å². The Balaban J connectivity index is 2.94. The maximum Gasteiger partial charge on any atom is 0.242 e. The van der Waals surface area contributed by atoms with E-state index in [1.807, 2.05) is 0 Å². The number of halogens is 2. The van der Waals surface area contributed by atoms with E-state index in [-0.39, 0.29) is 14.9 Å². The number of likely N-dealkylation sites (N-methyl/N-ethyl adjacent to an activating group) is 1. The third-order valence-corrected chi connectivity index (χ3v) is 4.31. The first-order valence-corrected chi connectivity index (χ1v) is 6.81. The van der Waals surface area contributed by atoms with Gasteiger partial charge in [-0.25, -0.2) is 13.1 Å². The molecule has 0 spiro atoms. The van der Waals surface area contributed by atoms with E-state index in [1.54, 1.807) is 13.1 Å². The lowest BCUT2D eigenvalue weighted by atomic mass is 10.4. The van der Waals surface area contributed by atoms with Crippen molar-refractivity contribution in [2.75, 3.05) is 20.1 Å². The molecule has 0 aliphatic carbocycles. The van der Waals surface area contributed by atoms with Crippen molar-refractivity contribution in [2.45, 2.75) is 4.90 Å². The molecule has 0 saturated heterocycles. The Morgan fingerprint density at radius 3 is 2.56 bits per heavy atom. The van der Waals surface area contributed by atoms with Crippen LogP contribution < -0.4 is 10.0 Å². The number of nitrogens with one attached hydrogen (secondary N) is 2. The average Bonchev–Trinajstić information content (AvgIpc) is 2.22. The van der Waals surface area contributed by atoms with Gasteiger partial charge in [0.1, 0.15) is 4.90 Å². The van der Waals surface area contributed by atoms with Crippen LogP contribution in [0.2, 0.25) is 10.0 Å². The van der Waals surface area contributed by atoms with Gasteiger partial charge in [0.25, 0.3) is 0 Å². The number of rotatable bonds is 5. The lowest BCUT2D eigenvalue weighted by Gasteiger charge is -2.08. The Bertz CT molecular complexity index is 463. The molecule has 1 rings (SSSR count). The maximum atomic E-state index is 11.8. The molecule has 90 valence electrons. The molecule has 0 aliphatic heterocycles. The van der Waals surface area contributed by atoms with Crippen molar-refractivity contribution < 1.29 is 8.42 Å². The van der Waals surface area contributed by atoms with Crippen molar-refractivity contribution in [3.63, 3.8) is 0 Å². The molecule has 0 saturated carbocycles. The zero-order chi connectivity index (χ0) is 12.2. The molecule has 1 aromatic rings. The molecule has 0 aromatic heterocycles. The topological polar surface area (TPSA) is 58.2 Å². The molecule has 0 atom stereocenters. The van der Waals surface area contributed by atoms with Crippen molar-refractivity contribution in [1.29, 1.82) is 0 Å². The van der Waals surface area contributed by atoms with Gasteiger partial charge in [0.15, 0.2) is 0 Å². The summed E-state index contributed by atoms with van der Waals surface area (Å²) in [6.07, 6.45) is 0. The van der Waals surface area contributed by atoms with Gasteiger partial charge in [0.2, 0.25) is 10.0 Å². The molecule has 0 fully saturated rings. The van der Waals surface area contributed by atoms with Crippen LogP contribution in [0.1, 0.15) is 0 Å². The number of hydrogen-bond donors (Lipinski definition) is 2. The van der Waals surface area contributed by atoms with Crippen LogP contribution in [0.25, 0.3) is 0 Å². The fourth-order valence-electron chi connectivity index (χ4n) is 1.08. The van der Waals surface area contributed by atoms with E-state index in [9.17, 15) is 8.42 Å². The van der Waals surface area contributed by atoms with Gasteiger partial charge in [0.05, 0.1) is 10.0 Å². The first-order valence-electron chi connectivity index (χ1n) is 4.57. The van der Waals surface area contributed by atoms with E-state index in [1.165, 1.54) is 12.1 Å². The van der Waals surface area contributed by atoms with Gasteiger partial charge in [-0.05, 0) is 19.2 Å². The summed E-state index contributed by atoms with van der Waals surface area (Å²) < 4.78 is 26.0. The van der Waals surface area contributed by atoms with E-state index in [4.69, 9.17) is 23.2 Å². The Morgan fingerprint density at radius 1 is 1.25 bits per heavy atom. The number of sulfonamides is 1. The van der Waals surface area contributed by atoms with Crippen molar-refractivity contribution in [3.8, 4) is 0 Å². The van der Waals surface area contributed by atoms with Crippen LogP contribution in [0.3, 0.4) is 0 Å². The minimum atomic E-state index is -3.59. The molecule has 16 heavy (non-hydrogen) atoms. The summed E-state index contributed by atoms with van der Waals surface area (Å²) in [6, 6.07) is 4.49. The summed E-state index contributed by atoms with van der Waals surface area (Å²) in [7, 11) is -1.86. The molecule has 0 bridgehead atoms. The monoisotopic (exact) mass is 282 g/mol. The first kappa shape index (κ1) is 13.7. The van der Waals surface area contributed by atoms with E-state index in [0.29, 0.717) is 13.1 Å². The third kappa shape index (κ3) is 3.33. The fourth-order valence-corrected chi connectivity index (χ4v) is 2.87. The molecule has 1 aromatic carbocycles.